The lowest BCUT2D eigenvalue weighted by Gasteiger charge is -2.07. The van der Waals surface area contributed by atoms with Crippen LogP contribution < -0.4 is 5.73 Å². The quantitative estimate of drug-likeness (QED) is 0.646. The molecule has 84 valence electrons. The van der Waals surface area contributed by atoms with Crippen molar-refractivity contribution < 1.29 is 0 Å². The van der Waals surface area contributed by atoms with Gasteiger partial charge in [-0.05, 0) is 6.26 Å². The van der Waals surface area contributed by atoms with Gasteiger partial charge in [0.25, 0.3) is 0 Å². The van der Waals surface area contributed by atoms with Crippen LogP contribution in [0.25, 0.3) is 11.3 Å². The maximum Gasteiger partial charge on any atom is 0.189 e. The lowest BCUT2D eigenvalue weighted by Crippen LogP contribution is -2.02. The molecule has 0 aliphatic rings. The van der Waals surface area contributed by atoms with E-state index in [2.05, 4.69) is 16.0 Å². The van der Waals surface area contributed by atoms with E-state index < -0.39 is 0 Å². The van der Waals surface area contributed by atoms with Crippen molar-refractivity contribution in [1.29, 1.82) is 5.26 Å². The Labute approximate surface area is 104 Å². The Hall–Kier alpha value is -2.06. The number of aromatic nitrogens is 2. The van der Waals surface area contributed by atoms with Gasteiger partial charge in [0.2, 0.25) is 0 Å². The van der Waals surface area contributed by atoms with Crippen LogP contribution in [0.3, 0.4) is 0 Å². The molecule has 0 fully saturated rings. The lowest BCUT2D eigenvalue weighted by atomic mass is 10.1. The summed E-state index contributed by atoms with van der Waals surface area (Å²) in [7, 11) is 0. The van der Waals surface area contributed by atoms with Crippen LogP contribution in [0.2, 0.25) is 0 Å². The van der Waals surface area contributed by atoms with E-state index in [-0.39, 0.29) is 5.82 Å². The van der Waals surface area contributed by atoms with Crippen LogP contribution in [0, 0.1) is 11.3 Å². The van der Waals surface area contributed by atoms with E-state index in [4.69, 9.17) is 11.0 Å². The standard InChI is InChI=1S/C12H10N4S/c1-17-12-15-10(8-5-3-2-4-6-8)9(7-13)11(14)16-12/h2-6H,1H3,(H2,14,15,16). The zero-order valence-electron chi connectivity index (χ0n) is 9.21. The number of nitrogens with two attached hydrogens (primary N) is 1. The molecule has 2 aromatic rings. The first-order chi connectivity index (χ1) is 8.26. The molecule has 1 heterocycles. The molecule has 0 atom stereocenters. The van der Waals surface area contributed by atoms with Gasteiger partial charge in [0, 0.05) is 5.56 Å². The fourth-order valence-electron chi connectivity index (χ4n) is 1.46. The molecule has 0 radical (unpaired) electrons. The molecular weight excluding hydrogens is 232 g/mol. The number of anilines is 1. The number of nitrogens with zero attached hydrogens (tertiary/aromatic N) is 3. The van der Waals surface area contributed by atoms with Crippen LogP contribution in [-0.2, 0) is 0 Å². The van der Waals surface area contributed by atoms with E-state index in [1.165, 1.54) is 11.8 Å². The zero-order valence-corrected chi connectivity index (χ0v) is 10.0. The second-order valence-corrected chi connectivity index (χ2v) is 4.07. The number of benzene rings is 1. The maximum absolute atomic E-state index is 9.11. The summed E-state index contributed by atoms with van der Waals surface area (Å²) in [5.41, 5.74) is 7.54. The van der Waals surface area contributed by atoms with Crippen molar-refractivity contribution in [1.82, 2.24) is 9.97 Å². The van der Waals surface area contributed by atoms with E-state index in [9.17, 15) is 0 Å². The molecule has 17 heavy (non-hydrogen) atoms. The molecule has 0 aliphatic carbocycles. The highest BCUT2D eigenvalue weighted by atomic mass is 32.2. The van der Waals surface area contributed by atoms with Crippen molar-refractivity contribution in [2.45, 2.75) is 5.16 Å². The molecule has 0 bridgehead atoms. The van der Waals surface area contributed by atoms with Crippen LogP contribution in [0.1, 0.15) is 5.56 Å². The molecule has 2 N–H and O–H groups in total. The molecule has 1 aromatic heterocycles. The summed E-state index contributed by atoms with van der Waals surface area (Å²) < 4.78 is 0. The number of hydrogen-bond acceptors (Lipinski definition) is 5. The van der Waals surface area contributed by atoms with Crippen molar-refractivity contribution in [2.75, 3.05) is 12.0 Å². The van der Waals surface area contributed by atoms with Crippen molar-refractivity contribution >= 4 is 17.6 Å². The van der Waals surface area contributed by atoms with Crippen LogP contribution >= 0.6 is 11.8 Å². The van der Waals surface area contributed by atoms with E-state index in [1.54, 1.807) is 0 Å². The molecule has 0 spiro atoms. The Morgan fingerprint density at radius 3 is 2.53 bits per heavy atom. The number of nitriles is 1. The SMILES string of the molecule is CSc1nc(N)c(C#N)c(-c2ccccc2)n1. The summed E-state index contributed by atoms with van der Waals surface area (Å²) >= 11 is 1.40. The Morgan fingerprint density at radius 1 is 1.24 bits per heavy atom. The highest BCUT2D eigenvalue weighted by Gasteiger charge is 2.13. The largest absolute Gasteiger partial charge is 0.382 e. The first-order valence-corrected chi connectivity index (χ1v) is 6.15. The second kappa shape index (κ2) is 4.85. The van der Waals surface area contributed by atoms with Crippen LogP contribution in [-0.4, -0.2) is 16.2 Å². The number of rotatable bonds is 2. The van der Waals surface area contributed by atoms with Crippen molar-refractivity contribution in [3.63, 3.8) is 0 Å². The molecule has 0 amide bonds. The second-order valence-electron chi connectivity index (χ2n) is 3.30. The number of hydrogen-bond donors (Lipinski definition) is 1. The lowest BCUT2D eigenvalue weighted by molar-refractivity contribution is 0.979. The summed E-state index contributed by atoms with van der Waals surface area (Å²) in [6, 6.07) is 11.6. The molecule has 0 unspecified atom stereocenters. The summed E-state index contributed by atoms with van der Waals surface area (Å²) in [5.74, 6) is 0.228. The summed E-state index contributed by atoms with van der Waals surface area (Å²) in [6.45, 7) is 0. The zero-order chi connectivity index (χ0) is 12.3. The predicted octanol–water partition coefficient (Wildman–Crippen LogP) is 2.32. The molecule has 1 aromatic carbocycles. The summed E-state index contributed by atoms with van der Waals surface area (Å²) in [4.78, 5) is 8.40. The van der Waals surface area contributed by atoms with Gasteiger partial charge in [-0.1, -0.05) is 42.1 Å². The van der Waals surface area contributed by atoms with Crippen LogP contribution in [0.4, 0.5) is 5.82 Å². The minimum Gasteiger partial charge on any atom is -0.382 e. The van der Waals surface area contributed by atoms with Gasteiger partial charge in [0.1, 0.15) is 17.5 Å². The van der Waals surface area contributed by atoms with Gasteiger partial charge in [0.05, 0.1) is 5.69 Å². The Kier molecular flexibility index (Phi) is 3.26. The summed E-state index contributed by atoms with van der Waals surface area (Å²) in [5, 5.41) is 9.68. The monoisotopic (exact) mass is 242 g/mol. The molecule has 4 nitrogen and oxygen atoms in total. The Balaban J connectivity index is 2.68. The van der Waals surface area contributed by atoms with Crippen LogP contribution in [0.15, 0.2) is 35.5 Å². The average Bonchev–Trinajstić information content (AvgIpc) is 2.38. The fourth-order valence-corrected chi connectivity index (χ4v) is 1.84. The van der Waals surface area contributed by atoms with E-state index >= 15 is 0 Å². The van der Waals surface area contributed by atoms with Gasteiger partial charge in [-0.25, -0.2) is 9.97 Å². The van der Waals surface area contributed by atoms with E-state index in [1.807, 2.05) is 36.6 Å². The molecule has 5 heteroatoms. The number of nitrogen functional groups attached to an aromatic ring is 1. The highest BCUT2D eigenvalue weighted by Crippen LogP contribution is 2.26. The number of thioether (sulfide) groups is 1. The first kappa shape index (κ1) is 11.4. The minimum atomic E-state index is 0.228. The third-order valence-electron chi connectivity index (χ3n) is 2.26. The highest BCUT2D eigenvalue weighted by molar-refractivity contribution is 7.98. The maximum atomic E-state index is 9.11. The van der Waals surface area contributed by atoms with Crippen molar-refractivity contribution in [2.24, 2.45) is 0 Å². The normalized spacial score (nSPS) is 9.88. The van der Waals surface area contributed by atoms with Gasteiger partial charge in [-0.2, -0.15) is 5.26 Å². The third-order valence-corrected chi connectivity index (χ3v) is 2.81. The van der Waals surface area contributed by atoms with Gasteiger partial charge < -0.3 is 5.73 Å². The third kappa shape index (κ3) is 2.22. The predicted molar refractivity (Wildman–Crippen MR) is 68.4 cm³/mol. The fraction of sp³-hybridized carbons (Fsp3) is 0.0833. The van der Waals surface area contributed by atoms with E-state index in [0.29, 0.717) is 16.4 Å². The van der Waals surface area contributed by atoms with Gasteiger partial charge in [0.15, 0.2) is 5.16 Å². The molecule has 0 aliphatic heterocycles. The topological polar surface area (TPSA) is 75.6 Å². The average molecular weight is 242 g/mol. The van der Waals surface area contributed by atoms with Gasteiger partial charge >= 0.3 is 0 Å². The smallest absolute Gasteiger partial charge is 0.189 e. The van der Waals surface area contributed by atoms with Crippen LogP contribution in [0.5, 0.6) is 0 Å². The Morgan fingerprint density at radius 2 is 1.94 bits per heavy atom. The first-order valence-electron chi connectivity index (χ1n) is 4.93. The van der Waals surface area contributed by atoms with E-state index in [0.717, 1.165) is 5.56 Å². The van der Waals surface area contributed by atoms with Crippen molar-refractivity contribution in [3.05, 3.63) is 35.9 Å². The van der Waals surface area contributed by atoms with Gasteiger partial charge in [-0.15, -0.1) is 0 Å². The summed E-state index contributed by atoms with van der Waals surface area (Å²) in [6.07, 6.45) is 1.87. The van der Waals surface area contributed by atoms with Gasteiger partial charge in [-0.3, -0.25) is 0 Å². The minimum absolute atomic E-state index is 0.228. The molecule has 0 saturated carbocycles. The Bertz CT molecular complexity index is 575. The molecule has 0 saturated heterocycles. The van der Waals surface area contributed by atoms with Crippen molar-refractivity contribution in [3.8, 4) is 17.3 Å². The molecular formula is C12H10N4S. The molecule has 2 rings (SSSR count).